The zero-order chi connectivity index (χ0) is 13.2. The van der Waals surface area contributed by atoms with Crippen molar-refractivity contribution in [2.24, 2.45) is 5.73 Å². The van der Waals surface area contributed by atoms with Gasteiger partial charge in [-0.2, -0.15) is 4.98 Å². The zero-order valence-corrected chi connectivity index (χ0v) is 10.3. The van der Waals surface area contributed by atoms with Crippen LogP contribution in [0.1, 0.15) is 18.2 Å². The number of carbonyl (C=O) groups excluding carboxylic acids is 1. The number of carbonyl (C=O) groups is 1. The van der Waals surface area contributed by atoms with Gasteiger partial charge in [0.2, 0.25) is 0 Å². The maximum atomic E-state index is 12.1. The number of aryl methyl sites for hydroxylation is 1. The predicted octanol–water partition coefficient (Wildman–Crippen LogP) is 1.80. The number of benzene rings is 1. The van der Waals surface area contributed by atoms with Crippen LogP contribution in [0.15, 0.2) is 41.0 Å². The van der Waals surface area contributed by atoms with Crippen LogP contribution in [0.25, 0.3) is 0 Å². The SMILES string of the molecule is Cc1coc(NC(=O)C(C)(N)c2ccccc2)n1. The molecule has 0 aliphatic carbocycles. The van der Waals surface area contributed by atoms with Crippen molar-refractivity contribution < 1.29 is 9.21 Å². The Morgan fingerprint density at radius 3 is 2.61 bits per heavy atom. The standard InChI is InChI=1S/C13H15N3O2/c1-9-8-18-12(15-9)16-11(17)13(2,14)10-6-4-3-5-7-10/h3-8H,14H2,1-2H3,(H,15,16,17). The van der Waals surface area contributed by atoms with Crippen molar-refractivity contribution in [3.8, 4) is 0 Å². The first-order valence-corrected chi connectivity index (χ1v) is 5.58. The third-order valence-corrected chi connectivity index (χ3v) is 2.68. The molecule has 18 heavy (non-hydrogen) atoms. The minimum Gasteiger partial charge on any atom is -0.432 e. The largest absolute Gasteiger partial charge is 0.432 e. The van der Waals surface area contributed by atoms with E-state index >= 15 is 0 Å². The molecule has 0 radical (unpaired) electrons. The maximum Gasteiger partial charge on any atom is 0.301 e. The van der Waals surface area contributed by atoms with Crippen molar-refractivity contribution in [3.05, 3.63) is 47.9 Å². The van der Waals surface area contributed by atoms with Gasteiger partial charge in [0.05, 0.1) is 5.69 Å². The normalized spacial score (nSPS) is 13.9. The van der Waals surface area contributed by atoms with E-state index in [0.717, 1.165) is 5.56 Å². The number of amides is 1. The van der Waals surface area contributed by atoms with E-state index in [1.807, 2.05) is 18.2 Å². The number of nitrogens with two attached hydrogens (primary N) is 1. The minimum absolute atomic E-state index is 0.158. The molecule has 0 fully saturated rings. The molecule has 1 atom stereocenters. The van der Waals surface area contributed by atoms with Gasteiger partial charge < -0.3 is 10.2 Å². The van der Waals surface area contributed by atoms with Crippen molar-refractivity contribution in [1.82, 2.24) is 4.98 Å². The van der Waals surface area contributed by atoms with Crippen molar-refractivity contribution in [3.63, 3.8) is 0 Å². The van der Waals surface area contributed by atoms with Crippen LogP contribution in [0.4, 0.5) is 6.01 Å². The molecular formula is C13H15N3O2. The number of oxazole rings is 1. The average Bonchev–Trinajstić information content (AvgIpc) is 2.76. The second-order valence-corrected chi connectivity index (χ2v) is 4.32. The number of hydrogen-bond acceptors (Lipinski definition) is 4. The third kappa shape index (κ3) is 2.41. The van der Waals surface area contributed by atoms with Gasteiger partial charge in [0.25, 0.3) is 5.91 Å². The summed E-state index contributed by atoms with van der Waals surface area (Å²) >= 11 is 0. The van der Waals surface area contributed by atoms with Crippen molar-refractivity contribution in [2.75, 3.05) is 5.32 Å². The number of hydrogen-bond donors (Lipinski definition) is 2. The first kappa shape index (κ1) is 12.3. The van der Waals surface area contributed by atoms with E-state index in [2.05, 4.69) is 10.3 Å². The van der Waals surface area contributed by atoms with Crippen LogP contribution in [0.5, 0.6) is 0 Å². The Hall–Kier alpha value is -2.14. The summed E-state index contributed by atoms with van der Waals surface area (Å²) in [7, 11) is 0. The van der Waals surface area contributed by atoms with Gasteiger partial charge in [-0.25, -0.2) is 0 Å². The van der Waals surface area contributed by atoms with E-state index in [4.69, 9.17) is 10.2 Å². The maximum absolute atomic E-state index is 12.1. The highest BCUT2D eigenvalue weighted by Crippen LogP contribution is 2.19. The van der Waals surface area contributed by atoms with E-state index in [0.29, 0.717) is 5.69 Å². The van der Waals surface area contributed by atoms with Crippen LogP contribution in [-0.2, 0) is 10.3 Å². The fraction of sp³-hybridized carbons (Fsp3) is 0.231. The number of rotatable bonds is 3. The molecule has 0 saturated carbocycles. The lowest BCUT2D eigenvalue weighted by atomic mass is 9.92. The predicted molar refractivity (Wildman–Crippen MR) is 67.9 cm³/mol. The second kappa shape index (κ2) is 4.62. The van der Waals surface area contributed by atoms with Gasteiger partial charge in [-0.3, -0.25) is 10.1 Å². The lowest BCUT2D eigenvalue weighted by Gasteiger charge is -2.22. The Kier molecular flexibility index (Phi) is 3.16. The van der Waals surface area contributed by atoms with E-state index < -0.39 is 5.54 Å². The summed E-state index contributed by atoms with van der Waals surface area (Å²) in [5.41, 5.74) is 6.34. The molecule has 1 heterocycles. The Balaban J connectivity index is 2.18. The summed E-state index contributed by atoms with van der Waals surface area (Å²) in [5, 5.41) is 2.56. The molecule has 3 N–H and O–H groups in total. The zero-order valence-electron chi connectivity index (χ0n) is 10.3. The Labute approximate surface area is 105 Å². The smallest absolute Gasteiger partial charge is 0.301 e. The van der Waals surface area contributed by atoms with E-state index in [1.54, 1.807) is 26.0 Å². The van der Waals surface area contributed by atoms with Gasteiger partial charge in [-0.05, 0) is 19.4 Å². The van der Waals surface area contributed by atoms with Gasteiger partial charge in [-0.1, -0.05) is 30.3 Å². The Morgan fingerprint density at radius 2 is 2.06 bits per heavy atom. The average molecular weight is 245 g/mol. The van der Waals surface area contributed by atoms with Gasteiger partial charge in [0.15, 0.2) is 0 Å². The van der Waals surface area contributed by atoms with Gasteiger partial charge in [0.1, 0.15) is 11.8 Å². The van der Waals surface area contributed by atoms with E-state index in [-0.39, 0.29) is 11.9 Å². The van der Waals surface area contributed by atoms with Crippen LogP contribution in [0.2, 0.25) is 0 Å². The van der Waals surface area contributed by atoms with Crippen LogP contribution in [0, 0.1) is 6.92 Å². The third-order valence-electron chi connectivity index (χ3n) is 2.68. The summed E-state index contributed by atoms with van der Waals surface area (Å²) in [6, 6.07) is 9.31. The van der Waals surface area contributed by atoms with E-state index in [9.17, 15) is 4.79 Å². The summed E-state index contributed by atoms with van der Waals surface area (Å²) in [6.07, 6.45) is 1.46. The molecule has 0 bridgehead atoms. The Morgan fingerprint density at radius 1 is 1.39 bits per heavy atom. The molecule has 1 unspecified atom stereocenters. The first-order valence-electron chi connectivity index (χ1n) is 5.58. The van der Waals surface area contributed by atoms with Crippen LogP contribution >= 0.6 is 0 Å². The topological polar surface area (TPSA) is 81.2 Å². The Bertz CT molecular complexity index is 546. The monoisotopic (exact) mass is 245 g/mol. The molecule has 0 aliphatic rings. The highest BCUT2D eigenvalue weighted by Gasteiger charge is 2.31. The summed E-state index contributed by atoms with van der Waals surface area (Å²) < 4.78 is 5.07. The van der Waals surface area contributed by atoms with Crippen LogP contribution < -0.4 is 11.1 Å². The van der Waals surface area contributed by atoms with Crippen molar-refractivity contribution in [2.45, 2.75) is 19.4 Å². The molecule has 0 aliphatic heterocycles. The number of aromatic nitrogens is 1. The quantitative estimate of drug-likeness (QED) is 0.863. The second-order valence-electron chi connectivity index (χ2n) is 4.32. The highest BCUT2D eigenvalue weighted by molar-refractivity contribution is 5.96. The highest BCUT2D eigenvalue weighted by atomic mass is 16.4. The fourth-order valence-corrected chi connectivity index (χ4v) is 1.55. The van der Waals surface area contributed by atoms with Gasteiger partial charge >= 0.3 is 6.01 Å². The van der Waals surface area contributed by atoms with Crippen molar-refractivity contribution in [1.29, 1.82) is 0 Å². The minimum atomic E-state index is -1.14. The molecular weight excluding hydrogens is 230 g/mol. The van der Waals surface area contributed by atoms with E-state index in [1.165, 1.54) is 6.26 Å². The number of anilines is 1. The molecule has 5 nitrogen and oxygen atoms in total. The van der Waals surface area contributed by atoms with Gasteiger partial charge in [-0.15, -0.1) is 0 Å². The number of nitrogens with zero attached hydrogens (tertiary/aromatic N) is 1. The van der Waals surface area contributed by atoms with Crippen LogP contribution in [-0.4, -0.2) is 10.9 Å². The summed E-state index contributed by atoms with van der Waals surface area (Å²) in [4.78, 5) is 16.1. The number of nitrogens with one attached hydrogen (secondary N) is 1. The molecule has 1 aromatic carbocycles. The molecule has 1 aromatic heterocycles. The molecule has 0 spiro atoms. The van der Waals surface area contributed by atoms with Gasteiger partial charge in [0, 0.05) is 0 Å². The van der Waals surface area contributed by atoms with Crippen LogP contribution in [0.3, 0.4) is 0 Å². The fourth-order valence-electron chi connectivity index (χ4n) is 1.55. The molecule has 0 saturated heterocycles. The lowest BCUT2D eigenvalue weighted by Crippen LogP contribution is -2.45. The molecule has 5 heteroatoms. The molecule has 2 rings (SSSR count). The van der Waals surface area contributed by atoms with Crippen molar-refractivity contribution >= 4 is 11.9 Å². The first-order chi connectivity index (χ1) is 8.50. The lowest BCUT2D eigenvalue weighted by molar-refractivity contribution is -0.121. The molecule has 94 valence electrons. The summed E-state index contributed by atoms with van der Waals surface area (Å²) in [6.45, 7) is 3.42. The molecule has 2 aromatic rings. The molecule has 1 amide bonds. The summed E-state index contributed by atoms with van der Waals surface area (Å²) in [5.74, 6) is -0.365.